The molecule has 0 bridgehead atoms. The second-order valence-electron chi connectivity index (χ2n) is 5.55. The second kappa shape index (κ2) is 8.79. The van der Waals surface area contributed by atoms with Crippen molar-refractivity contribution in [3.63, 3.8) is 0 Å². The van der Waals surface area contributed by atoms with Gasteiger partial charge in [0.05, 0.1) is 0 Å². The van der Waals surface area contributed by atoms with Crippen LogP contribution in [0.2, 0.25) is 0 Å². The maximum Gasteiger partial charge on any atom is 0.165 e. The van der Waals surface area contributed by atoms with E-state index in [9.17, 15) is 4.79 Å². The van der Waals surface area contributed by atoms with Crippen molar-refractivity contribution in [3.8, 4) is 0 Å². The van der Waals surface area contributed by atoms with Crippen LogP contribution in [0.5, 0.6) is 0 Å². The molecule has 0 aliphatic rings. The minimum absolute atomic E-state index is 0.174. The molecule has 1 nitrogen and oxygen atoms in total. The molecule has 0 saturated carbocycles. The number of carbonyl (C=O) groups is 1. The van der Waals surface area contributed by atoms with Gasteiger partial charge in [0.15, 0.2) is 5.78 Å². The molecule has 22 heavy (non-hydrogen) atoms. The van der Waals surface area contributed by atoms with Crippen LogP contribution in [0.4, 0.5) is 0 Å². The highest BCUT2D eigenvalue weighted by atomic mass is 32.2. The van der Waals surface area contributed by atoms with E-state index in [1.807, 2.05) is 30.3 Å². The number of hydrogen-bond donors (Lipinski definition) is 0. The van der Waals surface area contributed by atoms with Gasteiger partial charge in [0.2, 0.25) is 0 Å². The van der Waals surface area contributed by atoms with E-state index < -0.39 is 0 Å². The van der Waals surface area contributed by atoms with Gasteiger partial charge in [0.1, 0.15) is 0 Å². The van der Waals surface area contributed by atoms with Gasteiger partial charge in [-0.3, -0.25) is 4.79 Å². The molecule has 2 heteroatoms. The van der Waals surface area contributed by atoms with Crippen LogP contribution >= 0.6 is 11.8 Å². The standard InChI is InChI=1S/C20H24OS/c1-3-5-9-16(4-2)20(21)17-12-14-19(15-13-17)22-18-10-7-6-8-11-18/h6-8,10-16H,3-5,9H2,1-2H3. The normalized spacial score (nSPS) is 12.1. The van der Waals surface area contributed by atoms with E-state index in [4.69, 9.17) is 0 Å². The van der Waals surface area contributed by atoms with Crippen LogP contribution in [0.1, 0.15) is 49.9 Å². The molecule has 0 spiro atoms. The molecular formula is C20H24OS. The minimum atomic E-state index is 0.174. The van der Waals surface area contributed by atoms with Gasteiger partial charge in [-0.2, -0.15) is 0 Å². The Morgan fingerprint density at radius 2 is 1.59 bits per heavy atom. The lowest BCUT2D eigenvalue weighted by molar-refractivity contribution is 0.0908. The molecule has 0 aliphatic heterocycles. The van der Waals surface area contributed by atoms with Gasteiger partial charge in [0, 0.05) is 21.3 Å². The second-order valence-corrected chi connectivity index (χ2v) is 6.70. The van der Waals surface area contributed by atoms with Crippen LogP contribution in [-0.4, -0.2) is 5.78 Å². The zero-order valence-electron chi connectivity index (χ0n) is 13.4. The number of carbonyl (C=O) groups excluding carboxylic acids is 1. The highest BCUT2D eigenvalue weighted by molar-refractivity contribution is 7.99. The summed E-state index contributed by atoms with van der Waals surface area (Å²) in [6.45, 7) is 4.28. The van der Waals surface area contributed by atoms with Gasteiger partial charge >= 0.3 is 0 Å². The fourth-order valence-corrected chi connectivity index (χ4v) is 3.36. The average molecular weight is 312 g/mol. The Morgan fingerprint density at radius 1 is 0.955 bits per heavy atom. The molecule has 0 radical (unpaired) electrons. The van der Waals surface area contributed by atoms with Gasteiger partial charge < -0.3 is 0 Å². The van der Waals surface area contributed by atoms with Gasteiger partial charge in [0.25, 0.3) is 0 Å². The Balaban J connectivity index is 2.03. The number of rotatable bonds is 8. The Kier molecular flexibility index (Phi) is 6.73. The molecule has 1 atom stereocenters. The van der Waals surface area contributed by atoms with Crippen molar-refractivity contribution in [2.75, 3.05) is 0 Å². The maximum absolute atomic E-state index is 12.5. The third-order valence-corrected chi connectivity index (χ3v) is 4.90. The van der Waals surface area contributed by atoms with Gasteiger partial charge in [-0.15, -0.1) is 0 Å². The first-order valence-corrected chi connectivity index (χ1v) is 8.93. The summed E-state index contributed by atoms with van der Waals surface area (Å²) < 4.78 is 0. The van der Waals surface area contributed by atoms with Crippen molar-refractivity contribution < 1.29 is 4.79 Å². The average Bonchev–Trinajstić information content (AvgIpc) is 2.57. The van der Waals surface area contributed by atoms with E-state index in [1.165, 1.54) is 9.79 Å². The predicted molar refractivity (Wildman–Crippen MR) is 94.6 cm³/mol. The van der Waals surface area contributed by atoms with Crippen LogP contribution in [0.25, 0.3) is 0 Å². The smallest absolute Gasteiger partial charge is 0.165 e. The summed E-state index contributed by atoms with van der Waals surface area (Å²) in [5.41, 5.74) is 0.848. The van der Waals surface area contributed by atoms with E-state index in [0.29, 0.717) is 5.78 Å². The van der Waals surface area contributed by atoms with Crippen molar-refractivity contribution in [2.45, 2.75) is 49.3 Å². The molecule has 0 aromatic heterocycles. The molecule has 0 heterocycles. The Morgan fingerprint density at radius 3 is 2.18 bits per heavy atom. The monoisotopic (exact) mass is 312 g/mol. The van der Waals surface area contributed by atoms with E-state index in [-0.39, 0.29) is 5.92 Å². The van der Waals surface area contributed by atoms with Gasteiger partial charge in [-0.05, 0) is 37.1 Å². The molecule has 2 rings (SSSR count). The van der Waals surface area contributed by atoms with E-state index in [0.717, 1.165) is 31.2 Å². The van der Waals surface area contributed by atoms with E-state index in [1.54, 1.807) is 11.8 Å². The SMILES string of the molecule is CCCCC(CC)C(=O)c1ccc(Sc2ccccc2)cc1. The number of ketones is 1. The van der Waals surface area contributed by atoms with E-state index in [2.05, 4.69) is 38.1 Å². The first-order chi connectivity index (χ1) is 10.7. The number of benzene rings is 2. The predicted octanol–water partition coefficient (Wildman–Crippen LogP) is 6.24. The van der Waals surface area contributed by atoms with Crippen molar-refractivity contribution >= 4 is 17.5 Å². The quantitative estimate of drug-likeness (QED) is 0.537. The molecule has 1 unspecified atom stereocenters. The molecule has 2 aromatic carbocycles. The maximum atomic E-state index is 12.5. The summed E-state index contributed by atoms with van der Waals surface area (Å²) in [7, 11) is 0. The molecule has 0 saturated heterocycles. The number of unbranched alkanes of at least 4 members (excludes halogenated alkanes) is 1. The highest BCUT2D eigenvalue weighted by Crippen LogP contribution is 2.28. The number of Topliss-reactive ketones (excluding diaryl/α,β-unsaturated/α-hetero) is 1. The molecule has 0 amide bonds. The van der Waals surface area contributed by atoms with Crippen LogP contribution in [0.3, 0.4) is 0 Å². The highest BCUT2D eigenvalue weighted by Gasteiger charge is 2.17. The summed E-state index contributed by atoms with van der Waals surface area (Å²) in [5.74, 6) is 0.472. The summed E-state index contributed by atoms with van der Waals surface area (Å²) in [4.78, 5) is 14.9. The zero-order chi connectivity index (χ0) is 15.8. The molecule has 0 aliphatic carbocycles. The molecule has 0 fully saturated rings. The van der Waals surface area contributed by atoms with Crippen molar-refractivity contribution in [3.05, 3.63) is 60.2 Å². The Bertz CT molecular complexity index is 574. The van der Waals surface area contributed by atoms with Crippen LogP contribution in [-0.2, 0) is 0 Å². The van der Waals surface area contributed by atoms with Crippen molar-refractivity contribution in [1.29, 1.82) is 0 Å². The summed E-state index contributed by atoms with van der Waals surface area (Å²) in [5, 5.41) is 0. The van der Waals surface area contributed by atoms with Crippen molar-refractivity contribution in [2.24, 2.45) is 5.92 Å². The third kappa shape index (κ3) is 4.74. The van der Waals surface area contributed by atoms with Gasteiger partial charge in [-0.1, -0.05) is 68.8 Å². The summed E-state index contributed by atoms with van der Waals surface area (Å²) in [6.07, 6.45) is 4.22. The fourth-order valence-electron chi connectivity index (χ4n) is 2.52. The fraction of sp³-hybridized carbons (Fsp3) is 0.350. The first-order valence-electron chi connectivity index (χ1n) is 8.11. The topological polar surface area (TPSA) is 17.1 Å². The van der Waals surface area contributed by atoms with Crippen LogP contribution < -0.4 is 0 Å². The minimum Gasteiger partial charge on any atom is -0.294 e. The van der Waals surface area contributed by atoms with Crippen molar-refractivity contribution in [1.82, 2.24) is 0 Å². The first kappa shape index (κ1) is 16.8. The molecule has 116 valence electrons. The van der Waals surface area contributed by atoms with Crippen LogP contribution in [0.15, 0.2) is 64.4 Å². The Hall–Kier alpha value is -1.54. The Labute approximate surface area is 138 Å². The lowest BCUT2D eigenvalue weighted by Crippen LogP contribution is -2.13. The summed E-state index contributed by atoms with van der Waals surface area (Å²) in [6, 6.07) is 18.4. The van der Waals surface area contributed by atoms with E-state index >= 15 is 0 Å². The van der Waals surface area contributed by atoms with Gasteiger partial charge in [-0.25, -0.2) is 0 Å². The molecule has 0 N–H and O–H groups in total. The molecule has 2 aromatic rings. The summed E-state index contributed by atoms with van der Waals surface area (Å²) >= 11 is 1.72. The zero-order valence-corrected chi connectivity index (χ0v) is 14.2. The lowest BCUT2D eigenvalue weighted by Gasteiger charge is -2.13. The third-order valence-electron chi connectivity index (χ3n) is 3.89. The largest absolute Gasteiger partial charge is 0.294 e. The molecular weight excluding hydrogens is 288 g/mol. The number of hydrogen-bond acceptors (Lipinski definition) is 2. The van der Waals surface area contributed by atoms with Crippen LogP contribution in [0, 0.1) is 5.92 Å². The lowest BCUT2D eigenvalue weighted by atomic mass is 9.91.